The molecule has 0 amide bonds. The van der Waals surface area contributed by atoms with Gasteiger partial charge in [0, 0.05) is 0 Å². The molecule has 0 aromatic heterocycles. The molecule has 1 N–H and O–H groups in total. The first-order valence-electron chi connectivity index (χ1n) is 5.93. The zero-order valence-corrected chi connectivity index (χ0v) is 10.1. The van der Waals surface area contributed by atoms with Gasteiger partial charge < -0.3 is 5.32 Å². The summed E-state index contributed by atoms with van der Waals surface area (Å²) in [5, 5.41) is 2.85. The van der Waals surface area contributed by atoms with Gasteiger partial charge in [-0.2, -0.15) is 13.2 Å². The summed E-state index contributed by atoms with van der Waals surface area (Å²) in [7, 11) is 0. The molecule has 5 heteroatoms. The van der Waals surface area contributed by atoms with Crippen molar-refractivity contribution in [2.75, 3.05) is 6.54 Å². The number of benzene rings is 1. The van der Waals surface area contributed by atoms with Crippen molar-refractivity contribution in [1.29, 1.82) is 0 Å². The van der Waals surface area contributed by atoms with Gasteiger partial charge in [-0.05, 0) is 37.9 Å². The van der Waals surface area contributed by atoms with Gasteiger partial charge in [-0.25, -0.2) is 4.99 Å². The van der Waals surface area contributed by atoms with Crippen molar-refractivity contribution >= 4 is 11.4 Å². The van der Waals surface area contributed by atoms with E-state index >= 15 is 0 Å². The molecule has 0 spiro atoms. The van der Waals surface area contributed by atoms with Crippen molar-refractivity contribution in [3.63, 3.8) is 0 Å². The van der Waals surface area contributed by atoms with Crippen molar-refractivity contribution in [2.45, 2.75) is 32.0 Å². The van der Waals surface area contributed by atoms with Crippen LogP contribution < -0.4 is 5.32 Å². The maximum Gasteiger partial charge on any atom is 0.431 e. The summed E-state index contributed by atoms with van der Waals surface area (Å²) < 4.78 is 39.1. The highest BCUT2D eigenvalue weighted by Crippen LogP contribution is 2.27. The van der Waals surface area contributed by atoms with E-state index in [0.717, 1.165) is 12.0 Å². The summed E-state index contributed by atoms with van der Waals surface area (Å²) in [6.45, 7) is 2.38. The van der Waals surface area contributed by atoms with Gasteiger partial charge in [-0.1, -0.05) is 18.2 Å². The number of rotatable bonds is 2. The van der Waals surface area contributed by atoms with E-state index in [2.05, 4.69) is 10.3 Å². The van der Waals surface area contributed by atoms with E-state index in [9.17, 15) is 13.2 Å². The van der Waals surface area contributed by atoms with Crippen LogP contribution in [0.15, 0.2) is 29.3 Å². The Morgan fingerprint density at radius 3 is 2.61 bits per heavy atom. The molecule has 2 nitrogen and oxygen atoms in total. The zero-order valence-electron chi connectivity index (χ0n) is 10.1. The zero-order chi connectivity index (χ0) is 13.2. The van der Waals surface area contributed by atoms with Gasteiger partial charge >= 0.3 is 6.18 Å². The van der Waals surface area contributed by atoms with Crippen LogP contribution in [0.25, 0.3) is 0 Å². The van der Waals surface area contributed by atoms with Crippen LogP contribution in [-0.4, -0.2) is 24.5 Å². The molecular formula is C13H15F3N2. The summed E-state index contributed by atoms with van der Waals surface area (Å²) in [6.07, 6.45) is -3.14. The third kappa shape index (κ3) is 2.90. The van der Waals surface area contributed by atoms with Crippen LogP contribution in [0.5, 0.6) is 0 Å². The molecule has 0 saturated carbocycles. The number of alkyl halides is 3. The molecule has 1 unspecified atom stereocenters. The second kappa shape index (κ2) is 5.10. The molecular weight excluding hydrogens is 241 g/mol. The van der Waals surface area contributed by atoms with E-state index in [4.69, 9.17) is 0 Å². The van der Waals surface area contributed by atoms with Gasteiger partial charge in [0.2, 0.25) is 0 Å². The van der Waals surface area contributed by atoms with Crippen LogP contribution >= 0.6 is 0 Å². The fourth-order valence-corrected chi connectivity index (χ4v) is 2.08. The SMILES string of the molecule is Cc1ccccc1N=C(C1CCCN1)C(F)(F)F. The third-order valence-electron chi connectivity index (χ3n) is 3.04. The lowest BCUT2D eigenvalue weighted by atomic mass is 10.1. The van der Waals surface area contributed by atoms with E-state index in [1.54, 1.807) is 31.2 Å². The van der Waals surface area contributed by atoms with Crippen LogP contribution in [0.2, 0.25) is 0 Å². The first-order chi connectivity index (χ1) is 8.48. The molecule has 0 radical (unpaired) electrons. The fraction of sp³-hybridized carbons (Fsp3) is 0.462. The second-order valence-corrected chi connectivity index (χ2v) is 4.43. The molecule has 1 aromatic rings. The van der Waals surface area contributed by atoms with Crippen LogP contribution in [-0.2, 0) is 0 Å². The topological polar surface area (TPSA) is 24.4 Å². The third-order valence-corrected chi connectivity index (χ3v) is 3.04. The van der Waals surface area contributed by atoms with Gasteiger partial charge in [0.05, 0.1) is 11.7 Å². The highest BCUT2D eigenvalue weighted by atomic mass is 19.4. The van der Waals surface area contributed by atoms with Crippen molar-refractivity contribution in [2.24, 2.45) is 4.99 Å². The average molecular weight is 256 g/mol. The minimum absolute atomic E-state index is 0.388. The van der Waals surface area contributed by atoms with Gasteiger partial charge in [-0.15, -0.1) is 0 Å². The molecule has 1 heterocycles. The number of aliphatic imine (C=N–C) groups is 1. The Morgan fingerprint density at radius 2 is 2.06 bits per heavy atom. The van der Waals surface area contributed by atoms with E-state index in [0.29, 0.717) is 18.7 Å². The lowest BCUT2D eigenvalue weighted by Gasteiger charge is -2.17. The highest BCUT2D eigenvalue weighted by Gasteiger charge is 2.41. The Balaban J connectivity index is 2.37. The van der Waals surface area contributed by atoms with E-state index in [1.165, 1.54) is 0 Å². The molecule has 1 aliphatic rings. The Morgan fingerprint density at radius 1 is 1.33 bits per heavy atom. The van der Waals surface area contributed by atoms with E-state index in [-0.39, 0.29) is 0 Å². The Bertz CT molecular complexity index is 446. The molecule has 1 fully saturated rings. The fourth-order valence-electron chi connectivity index (χ4n) is 2.08. The van der Waals surface area contributed by atoms with E-state index < -0.39 is 17.9 Å². The number of halogens is 3. The molecule has 98 valence electrons. The van der Waals surface area contributed by atoms with E-state index in [1.807, 2.05) is 0 Å². The minimum Gasteiger partial charge on any atom is -0.309 e. The van der Waals surface area contributed by atoms with Crippen LogP contribution in [0.1, 0.15) is 18.4 Å². The largest absolute Gasteiger partial charge is 0.431 e. The van der Waals surface area contributed by atoms with Gasteiger partial charge in [0.25, 0.3) is 0 Å². The molecule has 2 rings (SSSR count). The summed E-state index contributed by atoms with van der Waals surface area (Å²) in [4.78, 5) is 3.84. The predicted molar refractivity (Wildman–Crippen MR) is 65.4 cm³/mol. The molecule has 1 aromatic carbocycles. The van der Waals surface area contributed by atoms with Crippen LogP contribution in [0.4, 0.5) is 18.9 Å². The average Bonchev–Trinajstić information content (AvgIpc) is 2.79. The molecule has 1 atom stereocenters. The number of para-hydroxylation sites is 1. The highest BCUT2D eigenvalue weighted by molar-refractivity contribution is 5.96. The monoisotopic (exact) mass is 256 g/mol. The Labute approximate surface area is 104 Å². The van der Waals surface area contributed by atoms with Crippen LogP contribution in [0.3, 0.4) is 0 Å². The second-order valence-electron chi connectivity index (χ2n) is 4.43. The Kier molecular flexibility index (Phi) is 3.71. The Hall–Kier alpha value is -1.36. The first kappa shape index (κ1) is 13.1. The van der Waals surface area contributed by atoms with Crippen molar-refractivity contribution in [3.05, 3.63) is 29.8 Å². The quantitative estimate of drug-likeness (QED) is 0.806. The number of hydrogen-bond donors (Lipinski definition) is 1. The molecule has 0 bridgehead atoms. The summed E-state index contributed by atoms with van der Waals surface area (Å²) in [5.74, 6) is 0. The van der Waals surface area contributed by atoms with Gasteiger partial charge in [0.15, 0.2) is 0 Å². The maximum absolute atomic E-state index is 13.0. The summed E-state index contributed by atoms with van der Waals surface area (Å²) >= 11 is 0. The minimum atomic E-state index is -4.38. The molecule has 18 heavy (non-hydrogen) atoms. The number of aryl methyl sites for hydroxylation is 1. The van der Waals surface area contributed by atoms with Crippen molar-refractivity contribution in [1.82, 2.24) is 5.32 Å². The predicted octanol–water partition coefficient (Wildman–Crippen LogP) is 3.38. The van der Waals surface area contributed by atoms with Crippen molar-refractivity contribution < 1.29 is 13.2 Å². The lowest BCUT2D eigenvalue weighted by molar-refractivity contribution is -0.0615. The van der Waals surface area contributed by atoms with Gasteiger partial charge in [-0.3, -0.25) is 0 Å². The molecule has 1 saturated heterocycles. The van der Waals surface area contributed by atoms with Crippen molar-refractivity contribution in [3.8, 4) is 0 Å². The lowest BCUT2D eigenvalue weighted by Crippen LogP contribution is -2.40. The molecule has 0 aliphatic carbocycles. The summed E-state index contributed by atoms with van der Waals surface area (Å²) in [5.41, 5.74) is 0.421. The standard InChI is InChI=1S/C13H15F3N2/c1-9-5-2-3-6-10(9)18-12(13(14,15)16)11-7-4-8-17-11/h2-3,5-6,11,17H,4,7-8H2,1H3. The normalized spacial score (nSPS) is 21.3. The maximum atomic E-state index is 13.0. The number of nitrogens with one attached hydrogen (secondary N) is 1. The van der Waals surface area contributed by atoms with Gasteiger partial charge in [0.1, 0.15) is 5.71 Å². The number of hydrogen-bond acceptors (Lipinski definition) is 2. The molecule has 1 aliphatic heterocycles. The number of nitrogens with zero attached hydrogens (tertiary/aromatic N) is 1. The summed E-state index contributed by atoms with van der Waals surface area (Å²) in [6, 6.07) is 6.17. The van der Waals surface area contributed by atoms with Crippen LogP contribution in [0, 0.1) is 6.92 Å². The first-order valence-corrected chi connectivity index (χ1v) is 5.93. The smallest absolute Gasteiger partial charge is 0.309 e.